The van der Waals surface area contributed by atoms with Crippen molar-refractivity contribution in [1.82, 2.24) is 14.8 Å². The SMILES string of the molecule is COc1ccc(-c2nnc(SCc3ccc(-c4ccccc4C#N)cc3)n2CC2CCCO2)cc1. The minimum atomic E-state index is 0.182. The lowest BCUT2D eigenvalue weighted by molar-refractivity contribution is 0.0953. The zero-order valence-corrected chi connectivity index (χ0v) is 20.4. The number of nitrogens with zero attached hydrogens (tertiary/aromatic N) is 4. The number of ether oxygens (including phenoxy) is 2. The largest absolute Gasteiger partial charge is 0.497 e. The third-order valence-electron chi connectivity index (χ3n) is 6.16. The monoisotopic (exact) mass is 482 g/mol. The van der Waals surface area contributed by atoms with Crippen molar-refractivity contribution in [3.05, 3.63) is 83.9 Å². The van der Waals surface area contributed by atoms with Crippen LogP contribution in [0.1, 0.15) is 24.0 Å². The Hall–Kier alpha value is -3.60. The van der Waals surface area contributed by atoms with Gasteiger partial charge in [0.1, 0.15) is 5.75 Å². The van der Waals surface area contributed by atoms with Crippen LogP contribution in [0.25, 0.3) is 22.5 Å². The fourth-order valence-electron chi connectivity index (χ4n) is 4.27. The maximum atomic E-state index is 9.40. The van der Waals surface area contributed by atoms with Crippen molar-refractivity contribution in [2.75, 3.05) is 13.7 Å². The fourth-order valence-corrected chi connectivity index (χ4v) is 5.17. The van der Waals surface area contributed by atoms with Crippen LogP contribution in [0.3, 0.4) is 0 Å². The Morgan fingerprint density at radius 2 is 1.80 bits per heavy atom. The Morgan fingerprint density at radius 3 is 2.51 bits per heavy atom. The number of rotatable bonds is 8. The molecular weight excluding hydrogens is 456 g/mol. The van der Waals surface area contributed by atoms with Gasteiger partial charge in [-0.2, -0.15) is 5.26 Å². The molecule has 1 atom stereocenters. The van der Waals surface area contributed by atoms with Crippen molar-refractivity contribution < 1.29 is 9.47 Å². The summed E-state index contributed by atoms with van der Waals surface area (Å²) in [7, 11) is 1.67. The summed E-state index contributed by atoms with van der Waals surface area (Å²) >= 11 is 1.67. The number of thioether (sulfide) groups is 1. The molecule has 6 nitrogen and oxygen atoms in total. The topological polar surface area (TPSA) is 73.0 Å². The van der Waals surface area contributed by atoms with Gasteiger partial charge in [0.2, 0.25) is 0 Å². The molecule has 0 N–H and O–H groups in total. The first kappa shape index (κ1) is 23.2. The second-order valence-corrected chi connectivity index (χ2v) is 9.37. The summed E-state index contributed by atoms with van der Waals surface area (Å²) in [5.41, 5.74) is 4.87. The van der Waals surface area contributed by atoms with Crippen molar-refractivity contribution >= 4 is 11.8 Å². The molecule has 0 bridgehead atoms. The van der Waals surface area contributed by atoms with Crippen molar-refractivity contribution in [2.45, 2.75) is 36.4 Å². The molecular formula is C28H26N4O2S. The van der Waals surface area contributed by atoms with E-state index in [1.54, 1.807) is 18.9 Å². The van der Waals surface area contributed by atoms with E-state index in [0.717, 1.165) is 65.2 Å². The molecule has 0 spiro atoms. The molecule has 5 rings (SSSR count). The van der Waals surface area contributed by atoms with Gasteiger partial charge in [0.05, 0.1) is 31.4 Å². The summed E-state index contributed by atoms with van der Waals surface area (Å²) in [4.78, 5) is 0. The van der Waals surface area contributed by atoms with E-state index in [0.29, 0.717) is 5.56 Å². The van der Waals surface area contributed by atoms with Crippen molar-refractivity contribution in [1.29, 1.82) is 5.26 Å². The van der Waals surface area contributed by atoms with E-state index >= 15 is 0 Å². The Labute approximate surface area is 209 Å². The van der Waals surface area contributed by atoms with Gasteiger partial charge in [-0.3, -0.25) is 4.57 Å². The van der Waals surface area contributed by atoms with Crippen LogP contribution in [0, 0.1) is 11.3 Å². The zero-order valence-electron chi connectivity index (χ0n) is 19.6. The van der Waals surface area contributed by atoms with E-state index in [1.807, 2.05) is 48.5 Å². The van der Waals surface area contributed by atoms with Gasteiger partial charge in [0, 0.05) is 17.9 Å². The number of benzene rings is 3. The number of hydrogen-bond donors (Lipinski definition) is 0. The number of nitriles is 1. The molecule has 0 amide bonds. The Morgan fingerprint density at radius 1 is 1.03 bits per heavy atom. The van der Waals surface area contributed by atoms with Crippen LogP contribution in [0.5, 0.6) is 5.75 Å². The quantitative estimate of drug-likeness (QED) is 0.288. The van der Waals surface area contributed by atoms with Crippen LogP contribution < -0.4 is 4.74 Å². The number of aromatic nitrogens is 3. The highest BCUT2D eigenvalue weighted by Crippen LogP contribution is 2.30. The molecule has 176 valence electrons. The molecule has 0 radical (unpaired) electrons. The Kier molecular flexibility index (Phi) is 7.12. The highest BCUT2D eigenvalue weighted by Gasteiger charge is 2.22. The smallest absolute Gasteiger partial charge is 0.191 e. The van der Waals surface area contributed by atoms with Crippen molar-refractivity contribution in [3.63, 3.8) is 0 Å². The summed E-state index contributed by atoms with van der Waals surface area (Å²) in [6, 6.07) is 26.2. The minimum absolute atomic E-state index is 0.182. The van der Waals surface area contributed by atoms with E-state index in [2.05, 4.69) is 45.1 Å². The molecule has 35 heavy (non-hydrogen) atoms. The van der Waals surface area contributed by atoms with Crippen LogP contribution in [-0.4, -0.2) is 34.6 Å². The van der Waals surface area contributed by atoms with Gasteiger partial charge in [-0.1, -0.05) is 54.2 Å². The van der Waals surface area contributed by atoms with Crippen molar-refractivity contribution in [2.24, 2.45) is 0 Å². The second-order valence-electron chi connectivity index (χ2n) is 8.42. The molecule has 3 aromatic carbocycles. The lowest BCUT2D eigenvalue weighted by Crippen LogP contribution is -2.16. The lowest BCUT2D eigenvalue weighted by Gasteiger charge is -2.15. The van der Waals surface area contributed by atoms with E-state index in [4.69, 9.17) is 9.47 Å². The average Bonchev–Trinajstić information content (AvgIpc) is 3.58. The standard InChI is InChI=1S/C28H26N4O2S/c1-33-24-14-12-22(13-15-24)27-30-31-28(32(27)18-25-6-4-16-34-25)35-19-20-8-10-21(11-9-20)26-7-3-2-5-23(26)17-29/h2-3,5,7-15,25H,4,6,16,18-19H2,1H3. The van der Waals surface area contributed by atoms with Crippen molar-refractivity contribution in [3.8, 4) is 34.3 Å². The molecule has 1 saturated heterocycles. The third kappa shape index (κ3) is 5.24. The first-order valence-electron chi connectivity index (χ1n) is 11.7. The van der Waals surface area contributed by atoms with Gasteiger partial charge in [-0.15, -0.1) is 10.2 Å². The molecule has 1 aromatic heterocycles. The van der Waals surface area contributed by atoms with E-state index in [-0.39, 0.29) is 6.10 Å². The maximum absolute atomic E-state index is 9.40. The highest BCUT2D eigenvalue weighted by molar-refractivity contribution is 7.98. The molecule has 1 fully saturated rings. The van der Waals surface area contributed by atoms with Crippen LogP contribution in [0.2, 0.25) is 0 Å². The second kappa shape index (κ2) is 10.8. The minimum Gasteiger partial charge on any atom is -0.497 e. The number of methoxy groups -OCH3 is 1. The Balaban J connectivity index is 1.35. The van der Waals surface area contributed by atoms with Crippen LogP contribution in [-0.2, 0) is 17.0 Å². The molecule has 4 aromatic rings. The molecule has 2 heterocycles. The van der Waals surface area contributed by atoms with Gasteiger partial charge in [-0.25, -0.2) is 0 Å². The van der Waals surface area contributed by atoms with Crippen LogP contribution in [0.15, 0.2) is 78.0 Å². The molecule has 7 heteroatoms. The fraction of sp³-hybridized carbons (Fsp3) is 0.250. The van der Waals surface area contributed by atoms with Gasteiger partial charge in [0.25, 0.3) is 0 Å². The molecule has 0 aliphatic carbocycles. The first-order chi connectivity index (χ1) is 17.2. The van der Waals surface area contributed by atoms with Gasteiger partial charge in [0.15, 0.2) is 11.0 Å². The zero-order chi connectivity index (χ0) is 24.0. The van der Waals surface area contributed by atoms with Crippen LogP contribution >= 0.6 is 11.8 Å². The van der Waals surface area contributed by atoms with E-state index in [9.17, 15) is 5.26 Å². The molecule has 1 aliphatic heterocycles. The summed E-state index contributed by atoms with van der Waals surface area (Å²) < 4.78 is 13.4. The van der Waals surface area contributed by atoms with E-state index < -0.39 is 0 Å². The summed E-state index contributed by atoms with van der Waals surface area (Å²) in [5.74, 6) is 2.43. The predicted molar refractivity (Wildman–Crippen MR) is 137 cm³/mol. The maximum Gasteiger partial charge on any atom is 0.191 e. The van der Waals surface area contributed by atoms with Gasteiger partial charge in [-0.05, 0) is 59.9 Å². The van der Waals surface area contributed by atoms with Gasteiger partial charge < -0.3 is 9.47 Å². The molecule has 0 saturated carbocycles. The van der Waals surface area contributed by atoms with Crippen LogP contribution in [0.4, 0.5) is 0 Å². The summed E-state index contributed by atoms with van der Waals surface area (Å²) in [6.07, 6.45) is 2.33. The van der Waals surface area contributed by atoms with Gasteiger partial charge >= 0.3 is 0 Å². The highest BCUT2D eigenvalue weighted by atomic mass is 32.2. The predicted octanol–water partition coefficient (Wildman–Crippen LogP) is 5.96. The lowest BCUT2D eigenvalue weighted by atomic mass is 10.00. The average molecular weight is 483 g/mol. The normalized spacial score (nSPS) is 15.1. The molecule has 1 aliphatic rings. The number of hydrogen-bond acceptors (Lipinski definition) is 6. The Bertz CT molecular complexity index is 1320. The summed E-state index contributed by atoms with van der Waals surface area (Å²) in [5, 5.41) is 19.3. The first-order valence-corrected chi connectivity index (χ1v) is 12.6. The summed E-state index contributed by atoms with van der Waals surface area (Å²) in [6.45, 7) is 1.55. The van der Waals surface area contributed by atoms with E-state index in [1.165, 1.54) is 5.56 Å². The third-order valence-corrected chi connectivity index (χ3v) is 7.19. The molecule has 1 unspecified atom stereocenters.